The number of nitrogens with one attached hydrogen (secondary N) is 1. The molecule has 0 aliphatic carbocycles. The van der Waals surface area contributed by atoms with E-state index in [1.54, 1.807) is 18.6 Å². The highest BCUT2D eigenvalue weighted by molar-refractivity contribution is 5.93. The van der Waals surface area contributed by atoms with Crippen LogP contribution in [-0.4, -0.2) is 43.8 Å². The molecule has 1 aliphatic rings. The number of nitrogens with zero attached hydrogens (tertiary/aromatic N) is 4. The third-order valence-corrected chi connectivity index (χ3v) is 4.37. The number of carbonyl (C=O) groups is 1. The molecular weight excluding hydrogens is 290 g/mol. The first-order valence-corrected chi connectivity index (χ1v) is 7.79. The van der Waals surface area contributed by atoms with Crippen LogP contribution in [0, 0.1) is 0 Å². The minimum atomic E-state index is 0.00420. The molecule has 1 atom stereocenters. The Hall–Kier alpha value is -2.76. The normalized spacial score (nSPS) is 18.3. The molecule has 3 aromatic rings. The minimum absolute atomic E-state index is 0.00420. The van der Waals surface area contributed by atoms with Crippen LogP contribution in [0.2, 0.25) is 0 Å². The van der Waals surface area contributed by atoms with Crippen molar-refractivity contribution in [3.8, 4) is 0 Å². The summed E-state index contributed by atoms with van der Waals surface area (Å²) in [6.45, 7) is 1.49. The largest absolute Gasteiger partial charge is 0.357 e. The monoisotopic (exact) mass is 307 g/mol. The molecule has 0 spiro atoms. The summed E-state index contributed by atoms with van der Waals surface area (Å²) in [5, 5.41) is 0. The fraction of sp³-hybridized carbons (Fsp3) is 0.294. The first kappa shape index (κ1) is 13.9. The number of amides is 1. The van der Waals surface area contributed by atoms with Gasteiger partial charge in [0.25, 0.3) is 5.91 Å². The Balaban J connectivity index is 1.56. The van der Waals surface area contributed by atoms with Gasteiger partial charge in [-0.15, -0.1) is 0 Å². The first-order valence-electron chi connectivity index (χ1n) is 7.79. The molecule has 23 heavy (non-hydrogen) atoms. The first-order chi connectivity index (χ1) is 11.3. The van der Waals surface area contributed by atoms with E-state index in [0.29, 0.717) is 18.0 Å². The van der Waals surface area contributed by atoms with Crippen molar-refractivity contribution in [1.82, 2.24) is 24.8 Å². The molecule has 1 fully saturated rings. The van der Waals surface area contributed by atoms with E-state index in [4.69, 9.17) is 0 Å². The Morgan fingerprint density at radius 2 is 2.17 bits per heavy atom. The van der Waals surface area contributed by atoms with Gasteiger partial charge in [0.15, 0.2) is 0 Å². The summed E-state index contributed by atoms with van der Waals surface area (Å²) >= 11 is 0. The summed E-state index contributed by atoms with van der Waals surface area (Å²) in [5.74, 6) is 0.316. The Morgan fingerprint density at radius 1 is 1.30 bits per heavy atom. The zero-order chi connectivity index (χ0) is 15.6. The summed E-state index contributed by atoms with van der Waals surface area (Å²) in [4.78, 5) is 30.1. The van der Waals surface area contributed by atoms with E-state index in [1.807, 2.05) is 17.0 Å². The summed E-state index contributed by atoms with van der Waals surface area (Å²) < 4.78 is 0. The highest BCUT2D eigenvalue weighted by Gasteiger charge is 2.26. The van der Waals surface area contributed by atoms with Crippen molar-refractivity contribution in [2.45, 2.75) is 18.8 Å². The fourth-order valence-corrected chi connectivity index (χ4v) is 3.20. The SMILES string of the molecule is O=C(c1cncnc1)N1CCCC(c2cc3ncccc3[nH]2)C1. The fourth-order valence-electron chi connectivity index (χ4n) is 3.20. The minimum Gasteiger partial charge on any atom is -0.357 e. The second kappa shape index (κ2) is 5.79. The van der Waals surface area contributed by atoms with Gasteiger partial charge in [0.2, 0.25) is 0 Å². The summed E-state index contributed by atoms with van der Waals surface area (Å²) in [6, 6.07) is 6.05. The highest BCUT2D eigenvalue weighted by Crippen LogP contribution is 2.28. The molecule has 1 unspecified atom stereocenters. The molecule has 1 saturated heterocycles. The number of H-pyrrole nitrogens is 1. The van der Waals surface area contributed by atoms with Gasteiger partial charge in [-0.1, -0.05) is 0 Å². The van der Waals surface area contributed by atoms with E-state index in [2.05, 4.69) is 26.0 Å². The van der Waals surface area contributed by atoms with Crippen LogP contribution in [0.4, 0.5) is 0 Å². The van der Waals surface area contributed by atoms with Crippen molar-refractivity contribution in [1.29, 1.82) is 0 Å². The van der Waals surface area contributed by atoms with E-state index in [1.165, 1.54) is 6.33 Å². The molecule has 0 saturated carbocycles. The van der Waals surface area contributed by atoms with E-state index in [0.717, 1.165) is 36.1 Å². The van der Waals surface area contributed by atoms with Gasteiger partial charge < -0.3 is 9.88 Å². The van der Waals surface area contributed by atoms with Crippen LogP contribution in [0.25, 0.3) is 11.0 Å². The molecule has 6 heteroatoms. The van der Waals surface area contributed by atoms with Gasteiger partial charge in [-0.05, 0) is 31.0 Å². The number of rotatable bonds is 2. The molecule has 0 bridgehead atoms. The average molecular weight is 307 g/mol. The molecule has 0 radical (unpaired) electrons. The van der Waals surface area contributed by atoms with Gasteiger partial charge >= 0.3 is 0 Å². The van der Waals surface area contributed by atoms with Gasteiger partial charge in [-0.3, -0.25) is 9.78 Å². The number of fused-ring (bicyclic) bond motifs is 1. The lowest BCUT2D eigenvalue weighted by Crippen LogP contribution is -2.39. The van der Waals surface area contributed by atoms with E-state index < -0.39 is 0 Å². The molecule has 4 rings (SSSR count). The second-order valence-corrected chi connectivity index (χ2v) is 5.88. The zero-order valence-corrected chi connectivity index (χ0v) is 12.6. The van der Waals surface area contributed by atoms with Gasteiger partial charge in [-0.2, -0.15) is 0 Å². The molecule has 4 heterocycles. The Kier molecular flexibility index (Phi) is 3.49. The van der Waals surface area contributed by atoms with Gasteiger partial charge in [0.1, 0.15) is 6.33 Å². The van der Waals surface area contributed by atoms with Crippen LogP contribution in [-0.2, 0) is 0 Å². The van der Waals surface area contributed by atoms with Gasteiger partial charge in [0, 0.05) is 43.3 Å². The van der Waals surface area contributed by atoms with Gasteiger partial charge in [0.05, 0.1) is 16.6 Å². The summed E-state index contributed by atoms with van der Waals surface area (Å²) in [6.07, 6.45) is 8.45. The van der Waals surface area contributed by atoms with Crippen LogP contribution < -0.4 is 0 Å². The van der Waals surface area contributed by atoms with Crippen molar-refractivity contribution >= 4 is 16.9 Å². The van der Waals surface area contributed by atoms with Crippen LogP contribution in [0.1, 0.15) is 34.8 Å². The lowest BCUT2D eigenvalue weighted by Gasteiger charge is -2.32. The lowest BCUT2D eigenvalue weighted by atomic mass is 9.94. The molecule has 1 N–H and O–H groups in total. The quantitative estimate of drug-likeness (QED) is 0.788. The van der Waals surface area contributed by atoms with Crippen LogP contribution in [0.3, 0.4) is 0 Å². The molecule has 1 aliphatic heterocycles. The number of likely N-dealkylation sites (tertiary alicyclic amines) is 1. The summed E-state index contributed by atoms with van der Waals surface area (Å²) in [7, 11) is 0. The van der Waals surface area contributed by atoms with Gasteiger partial charge in [-0.25, -0.2) is 9.97 Å². The topological polar surface area (TPSA) is 74.8 Å². The second-order valence-electron chi connectivity index (χ2n) is 5.88. The van der Waals surface area contributed by atoms with Crippen molar-refractivity contribution < 1.29 is 4.79 Å². The number of piperidine rings is 1. The van der Waals surface area contributed by atoms with E-state index in [-0.39, 0.29) is 5.91 Å². The number of aromatic amines is 1. The Bertz CT molecular complexity index is 796. The number of pyridine rings is 1. The smallest absolute Gasteiger partial charge is 0.257 e. The molecule has 1 amide bonds. The van der Waals surface area contributed by atoms with Crippen LogP contribution >= 0.6 is 0 Å². The lowest BCUT2D eigenvalue weighted by molar-refractivity contribution is 0.0705. The predicted molar refractivity (Wildman–Crippen MR) is 86.0 cm³/mol. The maximum atomic E-state index is 12.6. The van der Waals surface area contributed by atoms with E-state index in [9.17, 15) is 4.79 Å². The number of aromatic nitrogens is 4. The van der Waals surface area contributed by atoms with Crippen LogP contribution in [0.15, 0.2) is 43.1 Å². The molecule has 0 aromatic carbocycles. The van der Waals surface area contributed by atoms with Crippen molar-refractivity contribution in [2.24, 2.45) is 0 Å². The maximum absolute atomic E-state index is 12.6. The van der Waals surface area contributed by atoms with E-state index >= 15 is 0 Å². The molecule has 6 nitrogen and oxygen atoms in total. The van der Waals surface area contributed by atoms with Crippen molar-refractivity contribution in [3.05, 3.63) is 54.4 Å². The molecular formula is C17H17N5O. The Morgan fingerprint density at radius 3 is 3.00 bits per heavy atom. The van der Waals surface area contributed by atoms with Crippen molar-refractivity contribution in [3.63, 3.8) is 0 Å². The third kappa shape index (κ3) is 2.67. The predicted octanol–water partition coefficient (Wildman–Crippen LogP) is 2.37. The zero-order valence-electron chi connectivity index (χ0n) is 12.6. The average Bonchev–Trinajstić information content (AvgIpc) is 3.06. The highest BCUT2D eigenvalue weighted by atomic mass is 16.2. The third-order valence-electron chi connectivity index (χ3n) is 4.37. The van der Waals surface area contributed by atoms with Crippen LogP contribution in [0.5, 0.6) is 0 Å². The number of hydrogen-bond donors (Lipinski definition) is 1. The summed E-state index contributed by atoms with van der Waals surface area (Å²) in [5.41, 5.74) is 3.72. The standard InChI is InChI=1S/C17H17N5O/c23-17(13-8-18-11-19-9-13)22-6-2-3-12(10-22)15-7-16-14(21-15)4-1-5-20-16/h1,4-5,7-9,11-12,21H,2-3,6,10H2. The van der Waals surface area contributed by atoms with Crippen molar-refractivity contribution in [2.75, 3.05) is 13.1 Å². The number of carbonyl (C=O) groups excluding carboxylic acids is 1. The molecule has 116 valence electrons. The maximum Gasteiger partial charge on any atom is 0.257 e. The Labute approximate surface area is 133 Å². The molecule has 3 aromatic heterocycles. The number of hydrogen-bond acceptors (Lipinski definition) is 4.